The maximum absolute atomic E-state index is 8.68. The molecule has 0 heterocycles. The molecule has 0 saturated carbocycles. The minimum absolute atomic E-state index is 0.183. The molecule has 2 rings (SSSR count). The SMILES string of the molecule is NC1CCc2c(OCCCCCO)cccc21. The highest BCUT2D eigenvalue weighted by Gasteiger charge is 2.21. The zero-order valence-electron chi connectivity index (χ0n) is 10.2. The fourth-order valence-corrected chi connectivity index (χ4v) is 2.36. The molecular weight excluding hydrogens is 214 g/mol. The van der Waals surface area contributed by atoms with E-state index in [2.05, 4.69) is 6.07 Å². The summed E-state index contributed by atoms with van der Waals surface area (Å²) in [5, 5.41) is 8.68. The van der Waals surface area contributed by atoms with E-state index in [4.69, 9.17) is 15.6 Å². The van der Waals surface area contributed by atoms with Crippen LogP contribution >= 0.6 is 0 Å². The number of aliphatic hydroxyl groups excluding tert-OH is 1. The maximum Gasteiger partial charge on any atom is 0.122 e. The number of fused-ring (bicyclic) bond motifs is 1. The highest BCUT2D eigenvalue weighted by Crippen LogP contribution is 2.35. The molecule has 0 aromatic heterocycles. The van der Waals surface area contributed by atoms with Crippen LogP contribution in [0.2, 0.25) is 0 Å². The Morgan fingerprint density at radius 3 is 3.00 bits per heavy atom. The van der Waals surface area contributed by atoms with Gasteiger partial charge in [-0.05, 0) is 49.3 Å². The number of aliphatic hydroxyl groups is 1. The third-order valence-electron chi connectivity index (χ3n) is 3.33. The van der Waals surface area contributed by atoms with Gasteiger partial charge in [0.2, 0.25) is 0 Å². The van der Waals surface area contributed by atoms with E-state index in [1.165, 1.54) is 11.1 Å². The van der Waals surface area contributed by atoms with Crippen molar-refractivity contribution in [1.29, 1.82) is 0 Å². The first-order chi connectivity index (χ1) is 8.33. The minimum atomic E-state index is 0.183. The molecule has 0 amide bonds. The van der Waals surface area contributed by atoms with Crippen LogP contribution in [-0.2, 0) is 6.42 Å². The third-order valence-corrected chi connectivity index (χ3v) is 3.33. The lowest BCUT2D eigenvalue weighted by atomic mass is 10.1. The third kappa shape index (κ3) is 2.99. The topological polar surface area (TPSA) is 55.5 Å². The van der Waals surface area contributed by atoms with Gasteiger partial charge in [-0.2, -0.15) is 0 Å². The van der Waals surface area contributed by atoms with E-state index in [0.717, 1.165) is 44.5 Å². The molecule has 0 bridgehead atoms. The van der Waals surface area contributed by atoms with Crippen molar-refractivity contribution in [3.05, 3.63) is 29.3 Å². The first kappa shape index (κ1) is 12.4. The van der Waals surface area contributed by atoms with Gasteiger partial charge in [0, 0.05) is 12.6 Å². The van der Waals surface area contributed by atoms with Crippen LogP contribution in [0.15, 0.2) is 18.2 Å². The van der Waals surface area contributed by atoms with E-state index in [9.17, 15) is 0 Å². The van der Waals surface area contributed by atoms with E-state index in [1.54, 1.807) is 0 Å². The monoisotopic (exact) mass is 235 g/mol. The molecule has 0 saturated heterocycles. The lowest BCUT2D eigenvalue weighted by Gasteiger charge is -2.11. The molecule has 1 aromatic carbocycles. The molecule has 3 nitrogen and oxygen atoms in total. The predicted molar refractivity (Wildman–Crippen MR) is 68.1 cm³/mol. The second kappa shape index (κ2) is 6.03. The first-order valence-corrected chi connectivity index (χ1v) is 6.44. The molecule has 1 aliphatic rings. The van der Waals surface area contributed by atoms with Gasteiger partial charge in [-0.25, -0.2) is 0 Å². The zero-order chi connectivity index (χ0) is 12.1. The molecule has 1 aromatic rings. The van der Waals surface area contributed by atoms with Crippen LogP contribution in [-0.4, -0.2) is 18.3 Å². The predicted octanol–water partition coefficient (Wildman–Crippen LogP) is 2.17. The summed E-state index contributed by atoms with van der Waals surface area (Å²) in [6.45, 7) is 1.00. The summed E-state index contributed by atoms with van der Waals surface area (Å²) in [6, 6.07) is 6.34. The van der Waals surface area contributed by atoms with Gasteiger partial charge in [0.25, 0.3) is 0 Å². The maximum atomic E-state index is 8.68. The van der Waals surface area contributed by atoms with Crippen molar-refractivity contribution in [1.82, 2.24) is 0 Å². The van der Waals surface area contributed by atoms with Crippen LogP contribution in [0.25, 0.3) is 0 Å². The van der Waals surface area contributed by atoms with Gasteiger partial charge >= 0.3 is 0 Å². The van der Waals surface area contributed by atoms with Crippen LogP contribution in [0.3, 0.4) is 0 Å². The van der Waals surface area contributed by atoms with Crippen LogP contribution in [0.4, 0.5) is 0 Å². The molecular formula is C14H21NO2. The molecule has 3 N–H and O–H groups in total. The summed E-state index contributed by atoms with van der Waals surface area (Å²) < 4.78 is 5.81. The number of ether oxygens (including phenoxy) is 1. The second-order valence-electron chi connectivity index (χ2n) is 4.60. The molecule has 1 aliphatic carbocycles. The van der Waals surface area contributed by atoms with Crippen molar-refractivity contribution in [3.8, 4) is 5.75 Å². The molecule has 0 radical (unpaired) electrons. The summed E-state index contributed by atoms with van der Waals surface area (Å²) in [5.41, 5.74) is 8.57. The quantitative estimate of drug-likeness (QED) is 0.743. The number of rotatable bonds is 6. The number of hydrogen-bond acceptors (Lipinski definition) is 3. The number of unbranched alkanes of at least 4 members (excludes halogenated alkanes) is 2. The van der Waals surface area contributed by atoms with Crippen molar-refractivity contribution in [2.45, 2.75) is 38.1 Å². The highest BCUT2D eigenvalue weighted by atomic mass is 16.5. The normalized spacial score (nSPS) is 18.1. The summed E-state index contributed by atoms with van der Waals surface area (Å²) in [5.74, 6) is 0.999. The smallest absolute Gasteiger partial charge is 0.122 e. The Hall–Kier alpha value is -1.06. The van der Waals surface area contributed by atoms with Crippen LogP contribution in [0.5, 0.6) is 5.75 Å². The van der Waals surface area contributed by atoms with Crippen LogP contribution in [0, 0.1) is 0 Å². The van der Waals surface area contributed by atoms with Gasteiger partial charge in [0.15, 0.2) is 0 Å². The largest absolute Gasteiger partial charge is 0.493 e. The van der Waals surface area contributed by atoms with E-state index < -0.39 is 0 Å². The van der Waals surface area contributed by atoms with Gasteiger partial charge in [0.05, 0.1) is 6.61 Å². The summed E-state index contributed by atoms with van der Waals surface area (Å²) in [7, 11) is 0. The molecule has 1 unspecified atom stereocenters. The van der Waals surface area contributed by atoms with Gasteiger partial charge < -0.3 is 15.6 Å². The standard InChI is InChI=1S/C14H21NO2/c15-13-8-7-12-11(13)5-4-6-14(12)17-10-3-1-2-9-16/h4-6,13,16H,1-3,7-10,15H2. The molecule has 17 heavy (non-hydrogen) atoms. The Morgan fingerprint density at radius 1 is 1.29 bits per heavy atom. The Balaban J connectivity index is 1.89. The van der Waals surface area contributed by atoms with Gasteiger partial charge in [0.1, 0.15) is 5.75 Å². The van der Waals surface area contributed by atoms with Crippen molar-refractivity contribution < 1.29 is 9.84 Å². The van der Waals surface area contributed by atoms with Gasteiger partial charge in [-0.1, -0.05) is 12.1 Å². The van der Waals surface area contributed by atoms with E-state index in [-0.39, 0.29) is 12.6 Å². The average molecular weight is 235 g/mol. The lowest BCUT2D eigenvalue weighted by molar-refractivity contribution is 0.265. The molecule has 0 aliphatic heterocycles. The number of benzene rings is 1. The summed E-state index contributed by atoms with van der Waals surface area (Å²) in [6.07, 6.45) is 4.94. The Kier molecular flexibility index (Phi) is 4.40. The molecule has 94 valence electrons. The average Bonchev–Trinajstić information content (AvgIpc) is 2.72. The molecule has 1 atom stereocenters. The Labute approximate surface area is 103 Å². The fraction of sp³-hybridized carbons (Fsp3) is 0.571. The van der Waals surface area contributed by atoms with Gasteiger partial charge in [-0.15, -0.1) is 0 Å². The van der Waals surface area contributed by atoms with Crippen molar-refractivity contribution >= 4 is 0 Å². The van der Waals surface area contributed by atoms with E-state index in [1.807, 2.05) is 12.1 Å². The number of nitrogens with two attached hydrogens (primary N) is 1. The van der Waals surface area contributed by atoms with Crippen molar-refractivity contribution in [2.75, 3.05) is 13.2 Å². The molecule has 0 fully saturated rings. The van der Waals surface area contributed by atoms with E-state index >= 15 is 0 Å². The van der Waals surface area contributed by atoms with Crippen molar-refractivity contribution in [3.63, 3.8) is 0 Å². The second-order valence-corrected chi connectivity index (χ2v) is 4.60. The highest BCUT2D eigenvalue weighted by molar-refractivity contribution is 5.44. The Morgan fingerprint density at radius 2 is 2.18 bits per heavy atom. The fourth-order valence-electron chi connectivity index (χ4n) is 2.36. The Bertz CT molecular complexity index is 365. The van der Waals surface area contributed by atoms with Crippen LogP contribution < -0.4 is 10.5 Å². The van der Waals surface area contributed by atoms with Crippen molar-refractivity contribution in [2.24, 2.45) is 5.73 Å². The zero-order valence-corrected chi connectivity index (χ0v) is 10.2. The minimum Gasteiger partial charge on any atom is -0.493 e. The van der Waals surface area contributed by atoms with Crippen LogP contribution in [0.1, 0.15) is 42.9 Å². The van der Waals surface area contributed by atoms with E-state index in [0.29, 0.717) is 0 Å². The number of hydrogen-bond donors (Lipinski definition) is 2. The summed E-state index contributed by atoms with van der Waals surface area (Å²) >= 11 is 0. The summed E-state index contributed by atoms with van der Waals surface area (Å²) in [4.78, 5) is 0. The lowest BCUT2D eigenvalue weighted by Crippen LogP contribution is -2.05. The first-order valence-electron chi connectivity index (χ1n) is 6.44. The molecule has 0 spiro atoms. The molecule has 3 heteroatoms. The van der Waals surface area contributed by atoms with Gasteiger partial charge in [-0.3, -0.25) is 0 Å².